The van der Waals surface area contributed by atoms with Crippen LogP contribution in [0.1, 0.15) is 39.5 Å². The lowest BCUT2D eigenvalue weighted by Gasteiger charge is -2.33. The number of nitrogens with one attached hydrogen (secondary N) is 2. The maximum Gasteiger partial charge on any atom is 0.310 e. The maximum absolute atomic E-state index is 12.2. The first-order chi connectivity index (χ1) is 13.8. The van der Waals surface area contributed by atoms with Crippen LogP contribution in [0.15, 0.2) is 12.3 Å². The van der Waals surface area contributed by atoms with Gasteiger partial charge in [0, 0.05) is 50.2 Å². The molecule has 1 amide bonds. The Morgan fingerprint density at radius 1 is 1.21 bits per heavy atom. The first-order valence-electron chi connectivity index (χ1n) is 10.5. The zero-order valence-electron chi connectivity index (χ0n) is 17.6. The molecule has 9 heteroatoms. The molecule has 1 aromatic rings. The zero-order chi connectivity index (χ0) is 21.0. The molecule has 0 unspecified atom stereocenters. The molecule has 0 bridgehead atoms. The summed E-state index contributed by atoms with van der Waals surface area (Å²) in [6, 6.07) is 2.08. The van der Waals surface area contributed by atoms with E-state index in [9.17, 15) is 14.9 Å². The number of amides is 1. The van der Waals surface area contributed by atoms with Crippen LogP contribution in [-0.2, 0) is 4.79 Å². The van der Waals surface area contributed by atoms with E-state index in [2.05, 4.69) is 32.5 Å². The van der Waals surface area contributed by atoms with Gasteiger partial charge < -0.3 is 20.4 Å². The zero-order valence-corrected chi connectivity index (χ0v) is 17.6. The van der Waals surface area contributed by atoms with Gasteiger partial charge in [-0.15, -0.1) is 0 Å². The minimum atomic E-state index is -0.384. The third kappa shape index (κ3) is 5.56. The Balaban J connectivity index is 1.65. The standard InChI is InChI=1S/C20H32N6O3/c1-14(2)22-20(27)15-4-6-16(7-5-15)23-17-12-19(21-13-18(17)26(28)29)25-10-8-24(3)9-11-25/h12-16H,4-11H2,1-3H3,(H,21,23)(H,22,27). The molecule has 1 aliphatic heterocycles. The van der Waals surface area contributed by atoms with Gasteiger partial charge in [-0.1, -0.05) is 0 Å². The van der Waals surface area contributed by atoms with Crippen molar-refractivity contribution in [1.29, 1.82) is 0 Å². The number of nitrogens with zero attached hydrogens (tertiary/aromatic N) is 4. The third-order valence-electron chi connectivity index (χ3n) is 5.78. The summed E-state index contributed by atoms with van der Waals surface area (Å²) in [5.74, 6) is 0.922. The number of carbonyl (C=O) groups is 1. The van der Waals surface area contributed by atoms with E-state index in [1.54, 1.807) is 6.07 Å². The van der Waals surface area contributed by atoms with Crippen molar-refractivity contribution in [2.75, 3.05) is 43.4 Å². The molecule has 1 aliphatic carbocycles. The van der Waals surface area contributed by atoms with Gasteiger partial charge in [0.15, 0.2) is 0 Å². The van der Waals surface area contributed by atoms with Crippen molar-refractivity contribution in [3.63, 3.8) is 0 Å². The molecule has 1 aromatic heterocycles. The first-order valence-corrected chi connectivity index (χ1v) is 10.5. The third-order valence-corrected chi connectivity index (χ3v) is 5.78. The number of anilines is 2. The Kier molecular flexibility index (Phi) is 6.89. The van der Waals surface area contributed by atoms with Gasteiger partial charge in [-0.3, -0.25) is 14.9 Å². The number of pyridine rings is 1. The van der Waals surface area contributed by atoms with E-state index in [-0.39, 0.29) is 34.5 Å². The van der Waals surface area contributed by atoms with Crippen molar-refractivity contribution in [2.45, 2.75) is 51.6 Å². The lowest BCUT2D eigenvalue weighted by molar-refractivity contribution is -0.384. The summed E-state index contributed by atoms with van der Waals surface area (Å²) in [5, 5.41) is 17.8. The monoisotopic (exact) mass is 404 g/mol. The minimum Gasteiger partial charge on any atom is -0.377 e. The molecular formula is C20H32N6O3. The number of rotatable bonds is 6. The van der Waals surface area contributed by atoms with Crippen molar-refractivity contribution in [3.05, 3.63) is 22.4 Å². The van der Waals surface area contributed by atoms with E-state index in [1.807, 2.05) is 13.8 Å². The molecule has 1 saturated heterocycles. The summed E-state index contributed by atoms with van der Waals surface area (Å²) in [6.07, 6.45) is 4.58. The summed E-state index contributed by atoms with van der Waals surface area (Å²) in [4.78, 5) is 32.1. The van der Waals surface area contributed by atoms with Crippen molar-refractivity contribution in [2.24, 2.45) is 5.92 Å². The summed E-state index contributed by atoms with van der Waals surface area (Å²) in [5.41, 5.74) is 0.525. The average molecular weight is 405 g/mol. The molecule has 160 valence electrons. The summed E-state index contributed by atoms with van der Waals surface area (Å²) in [7, 11) is 2.09. The largest absolute Gasteiger partial charge is 0.377 e. The van der Waals surface area contributed by atoms with E-state index in [1.165, 1.54) is 6.20 Å². The second kappa shape index (κ2) is 9.39. The van der Waals surface area contributed by atoms with Gasteiger partial charge in [0.05, 0.1) is 4.92 Å². The highest BCUT2D eigenvalue weighted by molar-refractivity contribution is 5.79. The highest BCUT2D eigenvalue weighted by Crippen LogP contribution is 2.32. The van der Waals surface area contributed by atoms with Crippen LogP contribution in [0, 0.1) is 16.0 Å². The average Bonchev–Trinajstić information content (AvgIpc) is 2.68. The molecule has 9 nitrogen and oxygen atoms in total. The van der Waals surface area contributed by atoms with E-state index in [0.717, 1.165) is 57.7 Å². The van der Waals surface area contributed by atoms with Crippen molar-refractivity contribution >= 4 is 23.1 Å². The summed E-state index contributed by atoms with van der Waals surface area (Å²) in [6.45, 7) is 7.54. The molecule has 0 atom stereocenters. The first kappa shape index (κ1) is 21.3. The quantitative estimate of drug-likeness (QED) is 0.553. The molecule has 1 saturated carbocycles. The fourth-order valence-corrected chi connectivity index (χ4v) is 4.03. The normalized spacial score (nSPS) is 23.1. The fraction of sp³-hybridized carbons (Fsp3) is 0.700. The molecule has 29 heavy (non-hydrogen) atoms. The molecule has 2 aliphatic rings. The Bertz CT molecular complexity index is 725. The second-order valence-electron chi connectivity index (χ2n) is 8.46. The number of aromatic nitrogens is 1. The van der Waals surface area contributed by atoms with E-state index >= 15 is 0 Å². The second-order valence-corrected chi connectivity index (χ2v) is 8.46. The number of nitro groups is 1. The predicted molar refractivity (Wildman–Crippen MR) is 113 cm³/mol. The van der Waals surface area contributed by atoms with Gasteiger partial charge in [-0.05, 0) is 46.6 Å². The number of likely N-dealkylation sites (N-methyl/N-ethyl adjacent to an activating group) is 1. The molecule has 0 aromatic carbocycles. The summed E-state index contributed by atoms with van der Waals surface area (Å²) >= 11 is 0. The Hall–Kier alpha value is -2.42. The molecule has 0 radical (unpaired) electrons. The van der Waals surface area contributed by atoms with Gasteiger partial charge in [-0.2, -0.15) is 0 Å². The van der Waals surface area contributed by atoms with Crippen LogP contribution < -0.4 is 15.5 Å². The van der Waals surface area contributed by atoms with Crippen LogP contribution in [0.3, 0.4) is 0 Å². The highest BCUT2D eigenvalue weighted by atomic mass is 16.6. The summed E-state index contributed by atoms with van der Waals surface area (Å²) < 4.78 is 0. The van der Waals surface area contributed by atoms with E-state index in [4.69, 9.17) is 0 Å². The van der Waals surface area contributed by atoms with Gasteiger partial charge >= 0.3 is 5.69 Å². The Morgan fingerprint density at radius 3 is 2.45 bits per heavy atom. The van der Waals surface area contributed by atoms with Crippen LogP contribution in [0.2, 0.25) is 0 Å². The molecule has 3 rings (SSSR count). The smallest absolute Gasteiger partial charge is 0.310 e. The van der Waals surface area contributed by atoms with Crippen LogP contribution in [0.25, 0.3) is 0 Å². The van der Waals surface area contributed by atoms with E-state index < -0.39 is 0 Å². The van der Waals surface area contributed by atoms with Gasteiger partial charge in [0.2, 0.25) is 5.91 Å². The van der Waals surface area contributed by atoms with Gasteiger partial charge in [0.1, 0.15) is 17.7 Å². The Labute approximate surface area is 172 Å². The topological polar surface area (TPSA) is 104 Å². The molecule has 2 fully saturated rings. The lowest BCUT2D eigenvalue weighted by atomic mass is 9.85. The molecule has 2 N–H and O–H groups in total. The van der Waals surface area contributed by atoms with Crippen LogP contribution in [0.4, 0.5) is 17.2 Å². The molecule has 2 heterocycles. The number of piperazine rings is 1. The fourth-order valence-electron chi connectivity index (χ4n) is 4.03. The van der Waals surface area contributed by atoms with E-state index in [0.29, 0.717) is 5.69 Å². The van der Waals surface area contributed by atoms with Crippen molar-refractivity contribution in [3.8, 4) is 0 Å². The number of carbonyl (C=O) groups excluding carboxylic acids is 1. The predicted octanol–water partition coefficient (Wildman–Crippen LogP) is 2.24. The SMILES string of the molecule is CC(C)NC(=O)C1CCC(Nc2cc(N3CCN(C)CC3)ncc2[N+](=O)[O-])CC1. The van der Waals surface area contributed by atoms with Gasteiger partial charge in [-0.25, -0.2) is 4.98 Å². The maximum atomic E-state index is 12.2. The van der Waals surface area contributed by atoms with Crippen molar-refractivity contribution in [1.82, 2.24) is 15.2 Å². The molecular weight excluding hydrogens is 372 g/mol. The lowest BCUT2D eigenvalue weighted by Crippen LogP contribution is -2.44. The van der Waals surface area contributed by atoms with Crippen LogP contribution in [0.5, 0.6) is 0 Å². The number of hydrogen-bond donors (Lipinski definition) is 2. The Morgan fingerprint density at radius 2 is 1.86 bits per heavy atom. The molecule has 0 spiro atoms. The highest BCUT2D eigenvalue weighted by Gasteiger charge is 2.28. The van der Waals surface area contributed by atoms with Crippen LogP contribution >= 0.6 is 0 Å². The van der Waals surface area contributed by atoms with Gasteiger partial charge in [0.25, 0.3) is 0 Å². The minimum absolute atomic E-state index is 0.00236. The van der Waals surface area contributed by atoms with Crippen molar-refractivity contribution < 1.29 is 9.72 Å². The number of hydrogen-bond acceptors (Lipinski definition) is 7. The van der Waals surface area contributed by atoms with Crippen LogP contribution in [-0.4, -0.2) is 66.0 Å².